The second-order valence-corrected chi connectivity index (χ2v) is 6.46. The second kappa shape index (κ2) is 8.39. The SMILES string of the molecule is CN=C(NCCc1c[nH]c2ccccc12)NCc1ccc(-n2ccnc2)nc1. The van der Waals surface area contributed by atoms with Crippen molar-refractivity contribution in [3.05, 3.63) is 78.6 Å². The average Bonchev–Trinajstić information content (AvgIpc) is 3.41. The number of hydrogen-bond donors (Lipinski definition) is 3. The maximum atomic E-state index is 4.47. The van der Waals surface area contributed by atoms with Gasteiger partial charge >= 0.3 is 0 Å². The number of fused-ring (bicyclic) bond motifs is 1. The van der Waals surface area contributed by atoms with E-state index in [1.165, 1.54) is 16.5 Å². The molecule has 3 N–H and O–H groups in total. The fourth-order valence-corrected chi connectivity index (χ4v) is 3.13. The van der Waals surface area contributed by atoms with Crippen LogP contribution in [0.15, 0.2) is 72.5 Å². The lowest BCUT2D eigenvalue weighted by atomic mass is 10.1. The summed E-state index contributed by atoms with van der Waals surface area (Å²) in [5, 5.41) is 7.97. The lowest BCUT2D eigenvalue weighted by Gasteiger charge is -2.12. The van der Waals surface area contributed by atoms with E-state index in [4.69, 9.17) is 0 Å². The summed E-state index contributed by atoms with van der Waals surface area (Å²) in [6.45, 7) is 1.46. The van der Waals surface area contributed by atoms with Crippen LogP contribution in [0.4, 0.5) is 0 Å². The molecule has 0 spiro atoms. The molecule has 1 aromatic carbocycles. The zero-order valence-electron chi connectivity index (χ0n) is 15.8. The highest BCUT2D eigenvalue weighted by Crippen LogP contribution is 2.17. The zero-order chi connectivity index (χ0) is 19.2. The highest BCUT2D eigenvalue weighted by Gasteiger charge is 2.04. The van der Waals surface area contributed by atoms with Crippen LogP contribution in [0.2, 0.25) is 0 Å². The van der Waals surface area contributed by atoms with Crippen LogP contribution in [0.1, 0.15) is 11.1 Å². The molecule has 3 aromatic heterocycles. The van der Waals surface area contributed by atoms with Crippen molar-refractivity contribution in [2.24, 2.45) is 4.99 Å². The van der Waals surface area contributed by atoms with Crippen LogP contribution in [0, 0.1) is 0 Å². The number of aromatic nitrogens is 4. The van der Waals surface area contributed by atoms with Crippen molar-refractivity contribution in [1.29, 1.82) is 0 Å². The minimum Gasteiger partial charge on any atom is -0.361 e. The first-order chi connectivity index (χ1) is 13.8. The molecule has 0 saturated carbocycles. The Kier molecular flexibility index (Phi) is 5.33. The molecular formula is C21H23N7. The molecule has 0 saturated heterocycles. The molecule has 0 unspecified atom stereocenters. The van der Waals surface area contributed by atoms with E-state index in [0.717, 1.165) is 30.3 Å². The number of hydrogen-bond acceptors (Lipinski definition) is 3. The molecule has 0 aliphatic carbocycles. The van der Waals surface area contributed by atoms with Gasteiger partial charge in [-0.05, 0) is 29.7 Å². The third-order valence-corrected chi connectivity index (χ3v) is 4.62. The molecule has 0 aliphatic rings. The van der Waals surface area contributed by atoms with Crippen LogP contribution in [-0.2, 0) is 13.0 Å². The van der Waals surface area contributed by atoms with Gasteiger partial charge in [0.05, 0.1) is 0 Å². The van der Waals surface area contributed by atoms with Crippen LogP contribution < -0.4 is 10.6 Å². The molecule has 0 radical (unpaired) electrons. The molecule has 0 aliphatic heterocycles. The van der Waals surface area contributed by atoms with E-state index >= 15 is 0 Å². The normalized spacial score (nSPS) is 11.7. The van der Waals surface area contributed by atoms with E-state index in [-0.39, 0.29) is 0 Å². The van der Waals surface area contributed by atoms with Crippen LogP contribution in [0.5, 0.6) is 0 Å². The van der Waals surface area contributed by atoms with Gasteiger partial charge in [0.1, 0.15) is 12.1 Å². The second-order valence-electron chi connectivity index (χ2n) is 6.46. The molecule has 3 heterocycles. The minimum absolute atomic E-state index is 0.657. The van der Waals surface area contributed by atoms with Crippen LogP contribution in [0.25, 0.3) is 16.7 Å². The van der Waals surface area contributed by atoms with E-state index in [9.17, 15) is 0 Å². The Hall–Kier alpha value is -3.61. The Morgan fingerprint density at radius 1 is 1.18 bits per heavy atom. The van der Waals surface area contributed by atoms with E-state index in [2.05, 4.69) is 61.0 Å². The van der Waals surface area contributed by atoms with Crippen molar-refractivity contribution in [1.82, 2.24) is 30.2 Å². The molecule has 0 amide bonds. The van der Waals surface area contributed by atoms with E-state index < -0.39 is 0 Å². The Morgan fingerprint density at radius 2 is 2.11 bits per heavy atom. The fraction of sp³-hybridized carbons (Fsp3) is 0.190. The van der Waals surface area contributed by atoms with Gasteiger partial charge in [-0.2, -0.15) is 0 Å². The van der Waals surface area contributed by atoms with Gasteiger partial charge in [0.2, 0.25) is 0 Å². The van der Waals surface area contributed by atoms with Gasteiger partial charge in [0.15, 0.2) is 5.96 Å². The number of nitrogens with zero attached hydrogens (tertiary/aromatic N) is 4. The Morgan fingerprint density at radius 3 is 2.89 bits per heavy atom. The van der Waals surface area contributed by atoms with Gasteiger partial charge in [-0.25, -0.2) is 9.97 Å². The number of imidazole rings is 1. The van der Waals surface area contributed by atoms with Crippen LogP contribution >= 0.6 is 0 Å². The highest BCUT2D eigenvalue weighted by molar-refractivity contribution is 5.83. The Labute approximate surface area is 163 Å². The molecule has 0 fully saturated rings. The summed E-state index contributed by atoms with van der Waals surface area (Å²) in [6.07, 6.45) is 10.2. The molecule has 7 heteroatoms. The van der Waals surface area contributed by atoms with Crippen molar-refractivity contribution in [3.63, 3.8) is 0 Å². The van der Waals surface area contributed by atoms with Gasteiger partial charge in [-0.3, -0.25) is 9.56 Å². The molecule has 28 heavy (non-hydrogen) atoms. The van der Waals surface area contributed by atoms with Crippen molar-refractivity contribution in [2.45, 2.75) is 13.0 Å². The van der Waals surface area contributed by atoms with Gasteiger partial charge in [0, 0.05) is 55.8 Å². The molecule has 0 bridgehead atoms. The minimum atomic E-state index is 0.657. The molecule has 142 valence electrons. The number of benzene rings is 1. The predicted molar refractivity (Wildman–Crippen MR) is 112 cm³/mol. The van der Waals surface area contributed by atoms with E-state index in [0.29, 0.717) is 6.54 Å². The van der Waals surface area contributed by atoms with Crippen LogP contribution in [-0.4, -0.2) is 39.1 Å². The zero-order valence-corrected chi connectivity index (χ0v) is 15.8. The largest absolute Gasteiger partial charge is 0.361 e. The quantitative estimate of drug-likeness (QED) is 0.358. The molecule has 0 atom stereocenters. The third kappa shape index (κ3) is 4.03. The molecule has 7 nitrogen and oxygen atoms in total. The number of pyridine rings is 1. The summed E-state index contributed by atoms with van der Waals surface area (Å²) >= 11 is 0. The molecule has 4 rings (SSSR count). The van der Waals surface area contributed by atoms with Crippen LogP contribution in [0.3, 0.4) is 0 Å². The summed E-state index contributed by atoms with van der Waals surface area (Å²) in [6, 6.07) is 12.4. The Bertz CT molecular complexity index is 1050. The van der Waals surface area contributed by atoms with Crippen molar-refractivity contribution < 1.29 is 0 Å². The van der Waals surface area contributed by atoms with Crippen molar-refractivity contribution in [2.75, 3.05) is 13.6 Å². The van der Waals surface area contributed by atoms with E-state index in [1.807, 2.05) is 29.1 Å². The number of nitrogens with one attached hydrogen (secondary N) is 3. The summed E-state index contributed by atoms with van der Waals surface area (Å²) in [5.74, 6) is 1.63. The van der Waals surface area contributed by atoms with E-state index in [1.54, 1.807) is 19.6 Å². The molecular weight excluding hydrogens is 350 g/mol. The number of aliphatic imine (C=N–C) groups is 1. The summed E-state index contributed by atoms with van der Waals surface area (Å²) < 4.78 is 1.88. The first kappa shape index (κ1) is 17.8. The third-order valence-electron chi connectivity index (χ3n) is 4.62. The number of para-hydroxylation sites is 1. The summed E-state index contributed by atoms with van der Waals surface area (Å²) in [7, 11) is 1.78. The number of rotatable bonds is 6. The van der Waals surface area contributed by atoms with Gasteiger partial charge in [0.25, 0.3) is 0 Å². The standard InChI is InChI=1S/C21H23N7/c1-22-21(24-9-8-17-14-25-19-5-3-2-4-18(17)19)27-13-16-6-7-20(26-12-16)28-11-10-23-15-28/h2-7,10-12,14-15,25H,8-9,13H2,1H3,(H2,22,24,27). The summed E-state index contributed by atoms with van der Waals surface area (Å²) in [5.41, 5.74) is 3.56. The lowest BCUT2D eigenvalue weighted by molar-refractivity contribution is 0.794. The first-order valence-electron chi connectivity index (χ1n) is 9.26. The van der Waals surface area contributed by atoms with Crippen molar-refractivity contribution in [3.8, 4) is 5.82 Å². The fourth-order valence-electron chi connectivity index (χ4n) is 3.13. The average molecular weight is 373 g/mol. The molecule has 4 aromatic rings. The monoisotopic (exact) mass is 373 g/mol. The number of guanidine groups is 1. The van der Waals surface area contributed by atoms with Crippen molar-refractivity contribution >= 4 is 16.9 Å². The number of H-pyrrole nitrogens is 1. The highest BCUT2D eigenvalue weighted by atomic mass is 15.2. The van der Waals surface area contributed by atoms with Gasteiger partial charge in [-0.1, -0.05) is 24.3 Å². The topological polar surface area (TPSA) is 82.9 Å². The predicted octanol–water partition coefficient (Wildman–Crippen LogP) is 2.66. The summed E-state index contributed by atoms with van der Waals surface area (Å²) in [4.78, 5) is 16.1. The lowest BCUT2D eigenvalue weighted by Crippen LogP contribution is -2.37. The Balaban J connectivity index is 1.28. The van der Waals surface area contributed by atoms with Gasteiger partial charge < -0.3 is 15.6 Å². The maximum absolute atomic E-state index is 4.47. The number of aromatic amines is 1. The van der Waals surface area contributed by atoms with Gasteiger partial charge in [-0.15, -0.1) is 0 Å². The first-order valence-corrected chi connectivity index (χ1v) is 9.26. The smallest absolute Gasteiger partial charge is 0.191 e. The maximum Gasteiger partial charge on any atom is 0.191 e.